The van der Waals surface area contributed by atoms with Crippen molar-refractivity contribution in [3.05, 3.63) is 35.4 Å². The predicted octanol–water partition coefficient (Wildman–Crippen LogP) is 2.05. The second-order valence-corrected chi connectivity index (χ2v) is 3.53. The number of halogens is 2. The first-order chi connectivity index (χ1) is 6.09. The number of benzene rings is 1. The molecule has 1 unspecified atom stereocenters. The van der Waals surface area contributed by atoms with Gasteiger partial charge in [-0.25, -0.2) is 8.78 Å². The quantitative estimate of drug-likeness (QED) is 0.654. The third-order valence-electron chi connectivity index (χ3n) is 2.41. The SMILES string of the molecule is NC1Cc2ccccc2C(F)(F)C1. The van der Waals surface area contributed by atoms with Gasteiger partial charge in [-0.15, -0.1) is 0 Å². The third-order valence-corrected chi connectivity index (χ3v) is 2.41. The number of rotatable bonds is 0. The minimum atomic E-state index is -2.74. The van der Waals surface area contributed by atoms with Crippen LogP contribution in [-0.2, 0) is 12.3 Å². The summed E-state index contributed by atoms with van der Waals surface area (Å²) in [7, 11) is 0. The van der Waals surface area contributed by atoms with Crippen LogP contribution in [0.4, 0.5) is 8.78 Å². The Hall–Kier alpha value is -0.960. The smallest absolute Gasteiger partial charge is 0.275 e. The Kier molecular flexibility index (Phi) is 1.84. The molecule has 0 heterocycles. The van der Waals surface area contributed by atoms with E-state index in [1.807, 2.05) is 0 Å². The normalized spacial score (nSPS) is 25.3. The van der Waals surface area contributed by atoms with Crippen LogP contribution >= 0.6 is 0 Å². The molecule has 13 heavy (non-hydrogen) atoms. The zero-order chi connectivity index (χ0) is 9.47. The molecule has 0 aliphatic heterocycles. The van der Waals surface area contributed by atoms with Crippen molar-refractivity contribution in [3.63, 3.8) is 0 Å². The monoisotopic (exact) mass is 183 g/mol. The van der Waals surface area contributed by atoms with E-state index >= 15 is 0 Å². The van der Waals surface area contributed by atoms with Crippen LogP contribution in [0.15, 0.2) is 24.3 Å². The van der Waals surface area contributed by atoms with Crippen molar-refractivity contribution in [1.82, 2.24) is 0 Å². The largest absolute Gasteiger partial charge is 0.327 e. The highest BCUT2D eigenvalue weighted by atomic mass is 19.3. The molecule has 1 aromatic rings. The lowest BCUT2D eigenvalue weighted by atomic mass is 9.86. The Morgan fingerprint density at radius 1 is 1.31 bits per heavy atom. The van der Waals surface area contributed by atoms with Crippen molar-refractivity contribution in [2.75, 3.05) is 0 Å². The lowest BCUT2D eigenvalue weighted by molar-refractivity contribution is -0.0267. The fourth-order valence-electron chi connectivity index (χ4n) is 1.85. The van der Waals surface area contributed by atoms with Gasteiger partial charge in [-0.2, -0.15) is 0 Å². The minimum Gasteiger partial charge on any atom is -0.327 e. The van der Waals surface area contributed by atoms with Crippen LogP contribution in [0.5, 0.6) is 0 Å². The van der Waals surface area contributed by atoms with Crippen molar-refractivity contribution in [2.45, 2.75) is 24.8 Å². The van der Waals surface area contributed by atoms with Gasteiger partial charge in [0.1, 0.15) is 0 Å². The van der Waals surface area contributed by atoms with E-state index in [2.05, 4.69) is 0 Å². The standard InChI is InChI=1S/C10H11F2N/c11-10(12)6-8(13)5-7-3-1-2-4-9(7)10/h1-4,8H,5-6,13H2. The summed E-state index contributed by atoms with van der Waals surface area (Å²) in [4.78, 5) is 0. The Morgan fingerprint density at radius 2 is 2.00 bits per heavy atom. The van der Waals surface area contributed by atoms with E-state index in [0.29, 0.717) is 12.0 Å². The average molecular weight is 183 g/mol. The summed E-state index contributed by atoms with van der Waals surface area (Å²) in [5, 5.41) is 0. The Morgan fingerprint density at radius 3 is 2.77 bits per heavy atom. The van der Waals surface area contributed by atoms with Gasteiger partial charge in [-0.3, -0.25) is 0 Å². The molecule has 1 aliphatic carbocycles. The summed E-state index contributed by atoms with van der Waals surface area (Å²) >= 11 is 0. The van der Waals surface area contributed by atoms with E-state index in [0.717, 1.165) is 0 Å². The molecule has 0 fully saturated rings. The van der Waals surface area contributed by atoms with Crippen LogP contribution in [0, 0.1) is 0 Å². The first-order valence-corrected chi connectivity index (χ1v) is 4.31. The molecule has 0 aromatic heterocycles. The summed E-state index contributed by atoms with van der Waals surface area (Å²) < 4.78 is 26.7. The molecule has 0 amide bonds. The van der Waals surface area contributed by atoms with Crippen LogP contribution in [0.2, 0.25) is 0 Å². The van der Waals surface area contributed by atoms with Crippen molar-refractivity contribution in [3.8, 4) is 0 Å². The fourth-order valence-corrected chi connectivity index (χ4v) is 1.85. The van der Waals surface area contributed by atoms with Gasteiger partial charge in [0.05, 0.1) is 0 Å². The van der Waals surface area contributed by atoms with Gasteiger partial charge in [0.15, 0.2) is 0 Å². The molecule has 0 spiro atoms. The first kappa shape index (κ1) is 8.63. The molecule has 1 nitrogen and oxygen atoms in total. The van der Waals surface area contributed by atoms with Gasteiger partial charge in [0, 0.05) is 18.0 Å². The topological polar surface area (TPSA) is 26.0 Å². The molecule has 3 heteroatoms. The fraction of sp³-hybridized carbons (Fsp3) is 0.400. The van der Waals surface area contributed by atoms with E-state index in [9.17, 15) is 8.78 Å². The minimum absolute atomic E-state index is 0.150. The summed E-state index contributed by atoms with van der Waals surface area (Å²) in [6.45, 7) is 0. The maximum atomic E-state index is 13.4. The van der Waals surface area contributed by atoms with E-state index in [1.54, 1.807) is 18.2 Å². The van der Waals surface area contributed by atoms with Gasteiger partial charge >= 0.3 is 0 Å². The highest BCUT2D eigenvalue weighted by Crippen LogP contribution is 2.39. The van der Waals surface area contributed by atoms with Gasteiger partial charge in [0.2, 0.25) is 0 Å². The first-order valence-electron chi connectivity index (χ1n) is 4.31. The molecule has 0 bridgehead atoms. The highest BCUT2D eigenvalue weighted by molar-refractivity contribution is 5.34. The van der Waals surface area contributed by atoms with E-state index in [4.69, 9.17) is 5.73 Å². The second-order valence-electron chi connectivity index (χ2n) is 3.53. The zero-order valence-electron chi connectivity index (χ0n) is 7.13. The Bertz CT molecular complexity index is 322. The molecule has 0 saturated carbocycles. The molecule has 2 rings (SSSR count). The molecule has 1 aromatic carbocycles. The van der Waals surface area contributed by atoms with E-state index in [1.165, 1.54) is 6.07 Å². The summed E-state index contributed by atoms with van der Waals surface area (Å²) in [6.07, 6.45) is 0.329. The van der Waals surface area contributed by atoms with Gasteiger partial charge in [-0.1, -0.05) is 24.3 Å². The Balaban J connectivity index is 2.50. The highest BCUT2D eigenvalue weighted by Gasteiger charge is 2.39. The van der Waals surface area contributed by atoms with Gasteiger partial charge in [-0.05, 0) is 12.0 Å². The lowest BCUT2D eigenvalue weighted by Gasteiger charge is -2.29. The number of hydrogen-bond donors (Lipinski definition) is 1. The summed E-state index contributed by atoms with van der Waals surface area (Å²) in [5.74, 6) is -2.74. The molecule has 1 atom stereocenters. The maximum Gasteiger partial charge on any atom is 0.275 e. The van der Waals surface area contributed by atoms with Crippen molar-refractivity contribution in [2.24, 2.45) is 5.73 Å². The maximum absolute atomic E-state index is 13.4. The number of hydrogen-bond acceptors (Lipinski definition) is 1. The van der Waals surface area contributed by atoms with Gasteiger partial charge in [0.25, 0.3) is 5.92 Å². The molecule has 70 valence electrons. The number of alkyl halides is 2. The van der Waals surface area contributed by atoms with E-state index < -0.39 is 12.0 Å². The Labute approximate surface area is 75.6 Å². The van der Waals surface area contributed by atoms with Crippen molar-refractivity contribution < 1.29 is 8.78 Å². The molecule has 0 saturated heterocycles. The van der Waals surface area contributed by atoms with Gasteiger partial charge < -0.3 is 5.73 Å². The van der Waals surface area contributed by atoms with Crippen molar-refractivity contribution in [1.29, 1.82) is 0 Å². The van der Waals surface area contributed by atoms with Crippen LogP contribution < -0.4 is 5.73 Å². The summed E-state index contributed by atoms with van der Waals surface area (Å²) in [6, 6.07) is 6.21. The van der Waals surface area contributed by atoms with Crippen LogP contribution in [-0.4, -0.2) is 6.04 Å². The summed E-state index contributed by atoms with van der Waals surface area (Å²) in [5.41, 5.74) is 6.38. The zero-order valence-corrected chi connectivity index (χ0v) is 7.13. The molecule has 0 radical (unpaired) electrons. The lowest BCUT2D eigenvalue weighted by Crippen LogP contribution is -2.36. The van der Waals surface area contributed by atoms with Crippen LogP contribution in [0.1, 0.15) is 17.5 Å². The second kappa shape index (κ2) is 2.77. The van der Waals surface area contributed by atoms with Crippen LogP contribution in [0.3, 0.4) is 0 Å². The van der Waals surface area contributed by atoms with E-state index in [-0.39, 0.29) is 12.0 Å². The van der Waals surface area contributed by atoms with Crippen LogP contribution in [0.25, 0.3) is 0 Å². The third kappa shape index (κ3) is 1.44. The molecular formula is C10H11F2N. The number of fused-ring (bicyclic) bond motifs is 1. The molecular weight excluding hydrogens is 172 g/mol. The molecule has 2 N–H and O–H groups in total. The van der Waals surface area contributed by atoms with Crippen molar-refractivity contribution >= 4 is 0 Å². The number of nitrogens with two attached hydrogens (primary N) is 1. The predicted molar refractivity (Wildman–Crippen MR) is 46.6 cm³/mol. The average Bonchev–Trinajstić information content (AvgIpc) is 2.02. The molecule has 1 aliphatic rings.